The molecule has 6 rings (SSSR count). The summed E-state index contributed by atoms with van der Waals surface area (Å²) in [7, 11) is 0. The van der Waals surface area contributed by atoms with Crippen LogP contribution in [0.1, 0.15) is 61.1 Å². The van der Waals surface area contributed by atoms with Gasteiger partial charge in [-0.25, -0.2) is 4.68 Å². The lowest BCUT2D eigenvalue weighted by molar-refractivity contribution is -0.198. The molecule has 2 aliphatic heterocycles. The number of nitrogens with one attached hydrogen (secondary N) is 1. The molecule has 13 heteroatoms. The van der Waals surface area contributed by atoms with E-state index in [1.54, 1.807) is 31.3 Å². The number of nitrogens with zero attached hydrogens (tertiary/aromatic N) is 5. The Bertz CT molecular complexity index is 1820. The van der Waals surface area contributed by atoms with Crippen molar-refractivity contribution in [1.29, 1.82) is 0 Å². The normalized spacial score (nSPS) is 19.9. The number of piperidine rings is 1. The maximum absolute atomic E-state index is 14.9. The number of anilines is 2. The molecule has 0 radical (unpaired) electrons. The van der Waals surface area contributed by atoms with Gasteiger partial charge < -0.3 is 25.8 Å². The summed E-state index contributed by atoms with van der Waals surface area (Å²) < 4.78 is 51.9. The van der Waals surface area contributed by atoms with Gasteiger partial charge in [-0.2, -0.15) is 28.2 Å². The number of rotatable bonds is 8. The van der Waals surface area contributed by atoms with Crippen LogP contribution in [0.2, 0.25) is 0 Å². The molecule has 2 aromatic heterocycles. The molecular weight excluding hydrogens is 623 g/mol. The third-order valence-electron chi connectivity index (χ3n) is 9.91. The standard InChI is InChI=1S/C35H40F3N7O3/c1-5-28-34(19-26(40-28)32(46)47)11-14-44(15-12-34)29-18-30(42-33(39)41-29)48-31(35(36,37)38)25-9-8-24(23-7-6-20(2)21(3)16-23)17-27(25)45-13-10-22(4)43-45/h6-10,13,16-18,26,28,31,40H,5,11-12,14-15,19H2,1-4H3,(H,46,47)(H2,39,41,42)/t26?,28?,31-/m1/s1. The van der Waals surface area contributed by atoms with Crippen LogP contribution in [0, 0.1) is 26.2 Å². The van der Waals surface area contributed by atoms with Gasteiger partial charge in [-0.15, -0.1) is 0 Å². The second-order valence-electron chi connectivity index (χ2n) is 13.0. The van der Waals surface area contributed by atoms with E-state index in [2.05, 4.69) is 20.4 Å². The van der Waals surface area contributed by atoms with Crippen LogP contribution in [0.25, 0.3) is 16.8 Å². The SMILES string of the molecule is CCC1NC(C(=O)O)CC12CCN(c1cc(O[C@H](c3ccc(-c4ccc(C)c(C)c4)cc3-n3ccc(C)n3)C(F)(F)F)nc(N)n1)CC2. The van der Waals surface area contributed by atoms with E-state index in [4.69, 9.17) is 10.5 Å². The number of aryl methyl sites for hydroxylation is 3. The molecule has 10 nitrogen and oxygen atoms in total. The minimum atomic E-state index is -4.82. The first kappa shape index (κ1) is 33.3. The third-order valence-corrected chi connectivity index (χ3v) is 9.91. The average Bonchev–Trinajstić information content (AvgIpc) is 3.64. The summed E-state index contributed by atoms with van der Waals surface area (Å²) in [6.45, 7) is 8.87. The van der Waals surface area contributed by atoms with Crippen LogP contribution in [0.15, 0.2) is 54.7 Å². The zero-order valence-corrected chi connectivity index (χ0v) is 27.4. The van der Waals surface area contributed by atoms with Crippen LogP contribution in [-0.4, -0.2) is 62.2 Å². The van der Waals surface area contributed by atoms with Gasteiger partial charge in [0.1, 0.15) is 11.9 Å². The van der Waals surface area contributed by atoms with Crippen LogP contribution in [0.5, 0.6) is 5.88 Å². The summed E-state index contributed by atoms with van der Waals surface area (Å²) in [6.07, 6.45) is -2.85. The number of carboxylic acids is 1. The number of aromatic nitrogens is 4. The number of aliphatic carboxylic acids is 1. The van der Waals surface area contributed by atoms with Gasteiger partial charge in [-0.05, 0) is 86.3 Å². The van der Waals surface area contributed by atoms with Crippen molar-refractivity contribution < 1.29 is 27.8 Å². The van der Waals surface area contributed by atoms with Crippen LogP contribution >= 0.6 is 0 Å². The zero-order chi connectivity index (χ0) is 34.4. The van der Waals surface area contributed by atoms with Gasteiger partial charge in [0.25, 0.3) is 0 Å². The Morgan fingerprint density at radius 1 is 1.06 bits per heavy atom. The zero-order valence-electron chi connectivity index (χ0n) is 27.4. The van der Waals surface area contributed by atoms with E-state index < -0.39 is 24.3 Å². The Morgan fingerprint density at radius 2 is 1.77 bits per heavy atom. The number of carboxylic acid groups (broad SMARTS) is 1. The number of hydrogen-bond donors (Lipinski definition) is 3. The second-order valence-corrected chi connectivity index (χ2v) is 13.0. The number of carbonyl (C=O) groups is 1. The molecule has 0 amide bonds. The van der Waals surface area contributed by atoms with Crippen LogP contribution in [-0.2, 0) is 4.79 Å². The van der Waals surface area contributed by atoms with E-state index in [9.17, 15) is 23.1 Å². The second kappa shape index (κ2) is 12.8. The molecular formula is C35H40F3N7O3. The number of alkyl halides is 3. The van der Waals surface area contributed by atoms with Gasteiger partial charge >= 0.3 is 12.1 Å². The molecule has 4 N–H and O–H groups in total. The summed E-state index contributed by atoms with van der Waals surface area (Å²) in [5.74, 6) is -1.02. The Kier molecular flexibility index (Phi) is 8.84. The number of ether oxygens (including phenoxy) is 1. The van der Waals surface area contributed by atoms with E-state index in [1.807, 2.05) is 43.9 Å². The molecule has 4 heterocycles. The molecule has 0 bridgehead atoms. The number of nitrogen functional groups attached to an aromatic ring is 1. The van der Waals surface area contributed by atoms with E-state index in [-0.39, 0.29) is 34.5 Å². The molecule has 3 atom stereocenters. The average molecular weight is 664 g/mol. The molecule has 48 heavy (non-hydrogen) atoms. The molecule has 2 fully saturated rings. The highest BCUT2D eigenvalue weighted by Gasteiger charge is 2.50. The Labute approximate surface area is 277 Å². The Hall–Kier alpha value is -4.65. The number of nitrogens with two attached hydrogens (primary N) is 1. The quantitative estimate of drug-likeness (QED) is 0.198. The molecule has 2 aromatic carbocycles. The summed E-state index contributed by atoms with van der Waals surface area (Å²) in [5.41, 5.74) is 10.4. The predicted octanol–water partition coefficient (Wildman–Crippen LogP) is 6.33. The summed E-state index contributed by atoms with van der Waals surface area (Å²) >= 11 is 0. The lowest BCUT2D eigenvalue weighted by Crippen LogP contribution is -2.46. The van der Waals surface area contributed by atoms with Gasteiger partial charge in [0.15, 0.2) is 0 Å². The van der Waals surface area contributed by atoms with E-state index in [0.29, 0.717) is 43.9 Å². The maximum atomic E-state index is 14.9. The van der Waals surface area contributed by atoms with Crippen molar-refractivity contribution in [2.75, 3.05) is 23.7 Å². The predicted molar refractivity (Wildman–Crippen MR) is 176 cm³/mol. The van der Waals surface area contributed by atoms with Gasteiger partial charge in [0, 0.05) is 37.0 Å². The smallest absolute Gasteiger partial charge is 0.429 e. The van der Waals surface area contributed by atoms with Crippen LogP contribution in [0.3, 0.4) is 0 Å². The van der Waals surface area contributed by atoms with Gasteiger partial charge in [-0.1, -0.05) is 37.3 Å². The summed E-state index contributed by atoms with van der Waals surface area (Å²) in [4.78, 5) is 22.0. The maximum Gasteiger partial charge on any atom is 0.429 e. The van der Waals surface area contributed by atoms with E-state index in [1.165, 1.54) is 16.8 Å². The minimum Gasteiger partial charge on any atom is -0.480 e. The third kappa shape index (κ3) is 6.55. The van der Waals surface area contributed by atoms with E-state index >= 15 is 0 Å². The number of benzene rings is 2. The first-order valence-corrected chi connectivity index (χ1v) is 16.1. The van der Waals surface area contributed by atoms with Gasteiger partial charge in [0.05, 0.1) is 11.4 Å². The van der Waals surface area contributed by atoms with Gasteiger partial charge in [0.2, 0.25) is 17.9 Å². The molecule has 2 saturated heterocycles. The highest BCUT2D eigenvalue weighted by atomic mass is 19.4. The lowest BCUT2D eigenvalue weighted by Gasteiger charge is -2.43. The highest BCUT2D eigenvalue weighted by Crippen LogP contribution is 2.46. The summed E-state index contributed by atoms with van der Waals surface area (Å²) in [5, 5.41) is 17.3. The minimum absolute atomic E-state index is 0.0665. The van der Waals surface area contributed by atoms with Crippen molar-refractivity contribution in [3.05, 3.63) is 77.1 Å². The fourth-order valence-corrected chi connectivity index (χ4v) is 7.16. The summed E-state index contributed by atoms with van der Waals surface area (Å²) in [6, 6.07) is 13.3. The lowest BCUT2D eigenvalue weighted by atomic mass is 9.71. The fraction of sp³-hybridized carbons (Fsp3) is 0.429. The topological polar surface area (TPSA) is 131 Å². The van der Waals surface area contributed by atoms with E-state index in [0.717, 1.165) is 28.7 Å². The van der Waals surface area contributed by atoms with Crippen LogP contribution in [0.4, 0.5) is 24.9 Å². The Morgan fingerprint density at radius 3 is 2.40 bits per heavy atom. The van der Waals surface area contributed by atoms with Crippen molar-refractivity contribution in [2.45, 2.75) is 77.7 Å². The molecule has 2 unspecified atom stereocenters. The fourth-order valence-electron chi connectivity index (χ4n) is 7.16. The molecule has 4 aromatic rings. The number of halogens is 3. The molecule has 1 spiro atoms. The molecule has 0 aliphatic carbocycles. The van der Waals surface area contributed by atoms with Gasteiger partial charge in [-0.3, -0.25) is 4.79 Å². The highest BCUT2D eigenvalue weighted by molar-refractivity contribution is 5.74. The van der Waals surface area contributed by atoms with Crippen molar-refractivity contribution in [2.24, 2.45) is 5.41 Å². The van der Waals surface area contributed by atoms with Crippen molar-refractivity contribution in [3.63, 3.8) is 0 Å². The number of hydrogen-bond acceptors (Lipinski definition) is 8. The Balaban J connectivity index is 1.31. The van der Waals surface area contributed by atoms with Crippen molar-refractivity contribution in [1.82, 2.24) is 25.1 Å². The van der Waals surface area contributed by atoms with Crippen LogP contribution < -0.4 is 20.7 Å². The molecule has 2 aliphatic rings. The molecule has 0 saturated carbocycles. The first-order valence-electron chi connectivity index (χ1n) is 16.1. The monoisotopic (exact) mass is 663 g/mol. The first-order chi connectivity index (χ1) is 22.8. The largest absolute Gasteiger partial charge is 0.480 e. The van der Waals surface area contributed by atoms with Crippen molar-refractivity contribution >= 4 is 17.7 Å². The van der Waals surface area contributed by atoms with Crippen molar-refractivity contribution in [3.8, 4) is 22.7 Å². The molecule has 254 valence electrons.